The average Bonchev–Trinajstić information content (AvgIpc) is 2.83. The van der Waals surface area contributed by atoms with E-state index in [1.54, 1.807) is 0 Å². The highest BCUT2D eigenvalue weighted by Gasteiger charge is 2.37. The first-order valence-corrected chi connectivity index (χ1v) is 10.0. The molecule has 0 saturated carbocycles. The Labute approximate surface area is 199 Å². The van der Waals surface area contributed by atoms with Crippen LogP contribution in [0.4, 0.5) is 52.7 Å². The Hall–Kier alpha value is -3.90. The van der Waals surface area contributed by atoms with Gasteiger partial charge in [-0.05, 0) is 0 Å². The molecule has 13 heteroatoms. The molecule has 0 atom stereocenters. The predicted molar refractivity (Wildman–Crippen MR) is 110 cm³/mol. The van der Waals surface area contributed by atoms with Crippen molar-refractivity contribution in [2.45, 2.75) is 0 Å². The molecular weight excluding hydrogens is 527 g/mol. The van der Waals surface area contributed by atoms with Gasteiger partial charge in [0.2, 0.25) is 0 Å². The van der Waals surface area contributed by atoms with Crippen LogP contribution in [0.1, 0.15) is 0 Å². The van der Waals surface area contributed by atoms with Crippen molar-refractivity contribution in [1.29, 1.82) is 0 Å². The minimum Gasteiger partial charge on any atom is -0.204 e. The van der Waals surface area contributed by atoms with E-state index < -0.39 is 97.8 Å². The van der Waals surface area contributed by atoms with Crippen molar-refractivity contribution in [3.05, 3.63) is 118 Å². The van der Waals surface area contributed by atoms with Gasteiger partial charge in [0.25, 0.3) is 0 Å². The van der Waals surface area contributed by atoms with E-state index in [0.717, 1.165) is 0 Å². The van der Waals surface area contributed by atoms with Crippen LogP contribution in [0.5, 0.6) is 0 Å². The summed E-state index contributed by atoms with van der Waals surface area (Å²) in [6, 6.07) is 1.41. The van der Waals surface area contributed by atoms with Crippen molar-refractivity contribution in [1.82, 2.24) is 0 Å². The maximum atomic E-state index is 14.4. The van der Waals surface area contributed by atoms with Gasteiger partial charge in [-0.1, -0.05) is 48.5 Å². The molecule has 0 fully saturated rings. The second kappa shape index (κ2) is 9.20. The summed E-state index contributed by atoms with van der Waals surface area (Å²) < 4.78 is 170. The molecule has 0 bridgehead atoms. The van der Waals surface area contributed by atoms with E-state index in [4.69, 9.17) is 0 Å². The molecule has 0 aliphatic carbocycles. The summed E-state index contributed by atoms with van der Waals surface area (Å²) in [6.45, 7) is 0. The number of rotatable bonds is 4. The molecule has 0 radical (unpaired) electrons. The monoisotopic (exact) mass is 535 g/mol. The predicted octanol–water partition coefficient (Wildman–Crippen LogP) is 4.73. The first-order chi connectivity index (χ1) is 17.3. The van der Waals surface area contributed by atoms with Gasteiger partial charge in [-0.2, -0.15) is 21.9 Å². The normalized spacial score (nSPS) is 11.8. The molecule has 0 aliphatic heterocycles. The summed E-state index contributed by atoms with van der Waals surface area (Å²) in [5.41, 5.74) is -3.79. The van der Waals surface area contributed by atoms with Gasteiger partial charge < -0.3 is 0 Å². The third-order valence-corrected chi connectivity index (χ3v) is 6.02. The summed E-state index contributed by atoms with van der Waals surface area (Å²) >= 11 is 0. The number of halogens is 12. The van der Waals surface area contributed by atoms with Crippen LogP contribution in [0.25, 0.3) is 0 Å². The maximum Gasteiger partial charge on any atom is 0.194 e. The van der Waals surface area contributed by atoms with E-state index in [0.29, 0.717) is 0 Å². The zero-order valence-electron chi connectivity index (χ0n) is 17.7. The third kappa shape index (κ3) is 4.11. The first kappa shape index (κ1) is 26.2. The highest BCUT2D eigenvalue weighted by molar-refractivity contribution is 7.19. The Morgan fingerprint density at radius 2 is 0.405 bits per heavy atom. The minimum absolute atomic E-state index is 0.177. The van der Waals surface area contributed by atoms with Crippen molar-refractivity contribution in [3.63, 3.8) is 0 Å². The highest BCUT2D eigenvalue weighted by Crippen LogP contribution is 2.20. The third-order valence-electron chi connectivity index (χ3n) is 6.02. The summed E-state index contributed by atoms with van der Waals surface area (Å²) in [5, 5.41) is 0. The van der Waals surface area contributed by atoms with Crippen LogP contribution >= 0.6 is 0 Å². The van der Waals surface area contributed by atoms with Gasteiger partial charge in [0.15, 0.2) is 69.8 Å². The Bertz CT molecular complexity index is 1240. The molecule has 0 aromatic heterocycles. The fraction of sp³-hybridized carbons (Fsp3) is 0. The van der Waals surface area contributed by atoms with Gasteiger partial charge in [-0.3, -0.25) is 0 Å². The maximum absolute atomic E-state index is 14.4. The van der Waals surface area contributed by atoms with Crippen LogP contribution in [0.3, 0.4) is 0 Å². The lowest BCUT2D eigenvalue weighted by atomic mass is 9.13. The molecule has 37 heavy (non-hydrogen) atoms. The topological polar surface area (TPSA) is 0 Å². The second-order valence-corrected chi connectivity index (χ2v) is 8.06. The van der Waals surface area contributed by atoms with Crippen molar-refractivity contribution < 1.29 is 52.7 Å². The van der Waals surface area contributed by atoms with Gasteiger partial charge in [0.1, 0.15) is 6.15 Å². The lowest BCUT2D eigenvalue weighted by Gasteiger charge is -2.44. The summed E-state index contributed by atoms with van der Waals surface area (Å²) in [6.07, 6.45) is -4.01. The Morgan fingerprint density at radius 1 is 0.270 bits per heavy atom. The van der Waals surface area contributed by atoms with E-state index >= 15 is 0 Å². The molecule has 4 rings (SSSR count). The number of hydrogen-bond donors (Lipinski definition) is 0. The molecule has 4 aromatic carbocycles. The zero-order valence-corrected chi connectivity index (χ0v) is 17.7. The molecule has 0 spiro atoms. The standard InChI is InChI=1S/C24H8BF12/c26-13-1-9(2-14(27)21(13)34)25(10-3-15(28)22(35)16(29)4-10,11-5-17(30)23(36)18(31)6-11)12-7-19(32)24(37)20(33)8-12/h1-8H/q-1. The Kier molecular flexibility index (Phi) is 6.51. The lowest BCUT2D eigenvalue weighted by Crippen LogP contribution is -2.75. The molecule has 0 N–H and O–H groups in total. The summed E-state index contributed by atoms with van der Waals surface area (Å²) in [5.74, 6) is -24.0. The largest absolute Gasteiger partial charge is 0.204 e. The second-order valence-electron chi connectivity index (χ2n) is 8.06. The Balaban J connectivity index is 2.33. The SMILES string of the molecule is Fc1cc([B-](c2cc(F)c(F)c(F)c2)(c2cc(F)c(F)c(F)c2)c2cc(F)c(F)c(F)c2)cc(F)c1F. The number of hydrogen-bond acceptors (Lipinski definition) is 0. The fourth-order valence-electron chi connectivity index (χ4n) is 4.46. The van der Waals surface area contributed by atoms with E-state index in [9.17, 15) is 52.7 Å². The van der Waals surface area contributed by atoms with Crippen molar-refractivity contribution >= 4 is 28.0 Å². The molecule has 0 aliphatic rings. The molecule has 192 valence electrons. The smallest absolute Gasteiger partial charge is 0.194 e. The van der Waals surface area contributed by atoms with Gasteiger partial charge in [0, 0.05) is 0 Å². The van der Waals surface area contributed by atoms with Crippen LogP contribution in [-0.4, -0.2) is 6.15 Å². The quantitative estimate of drug-likeness (QED) is 0.202. The molecule has 0 amide bonds. The van der Waals surface area contributed by atoms with E-state index in [2.05, 4.69) is 0 Å². The Morgan fingerprint density at radius 3 is 0.541 bits per heavy atom. The summed E-state index contributed by atoms with van der Waals surface area (Å²) in [4.78, 5) is 0. The van der Waals surface area contributed by atoms with Crippen LogP contribution in [0, 0.1) is 69.8 Å². The van der Waals surface area contributed by atoms with Gasteiger partial charge in [-0.25, -0.2) is 52.7 Å². The van der Waals surface area contributed by atoms with Crippen LogP contribution in [0.15, 0.2) is 48.5 Å². The molecule has 0 heterocycles. The first-order valence-electron chi connectivity index (χ1n) is 10.0. The minimum atomic E-state index is -4.01. The highest BCUT2D eigenvalue weighted by atomic mass is 19.2. The van der Waals surface area contributed by atoms with E-state index in [-0.39, 0.29) is 48.5 Å². The number of benzene rings is 4. The molecular formula is C24H8BF12-. The van der Waals surface area contributed by atoms with Crippen LogP contribution in [-0.2, 0) is 0 Å². The molecule has 0 nitrogen and oxygen atoms in total. The summed E-state index contributed by atoms with van der Waals surface area (Å²) in [7, 11) is 0. The van der Waals surface area contributed by atoms with Gasteiger partial charge in [0.05, 0.1) is 0 Å². The fourth-order valence-corrected chi connectivity index (χ4v) is 4.46. The van der Waals surface area contributed by atoms with Crippen LogP contribution < -0.4 is 21.9 Å². The van der Waals surface area contributed by atoms with Crippen molar-refractivity contribution in [2.75, 3.05) is 0 Å². The lowest BCUT2D eigenvalue weighted by molar-refractivity contribution is 0.447. The van der Waals surface area contributed by atoms with E-state index in [1.165, 1.54) is 0 Å². The van der Waals surface area contributed by atoms with Crippen molar-refractivity contribution in [2.24, 2.45) is 0 Å². The van der Waals surface area contributed by atoms with E-state index in [1.807, 2.05) is 0 Å². The average molecular weight is 535 g/mol. The molecule has 0 unspecified atom stereocenters. The zero-order chi connectivity index (χ0) is 27.4. The van der Waals surface area contributed by atoms with Crippen LogP contribution in [0.2, 0.25) is 0 Å². The van der Waals surface area contributed by atoms with Gasteiger partial charge >= 0.3 is 0 Å². The van der Waals surface area contributed by atoms with Gasteiger partial charge in [-0.15, -0.1) is 0 Å². The van der Waals surface area contributed by atoms with Crippen molar-refractivity contribution in [3.8, 4) is 0 Å². The molecule has 4 aromatic rings. The molecule has 0 saturated heterocycles.